The number of hydrogen-bond acceptors (Lipinski definition) is 8. The number of rotatable bonds is 5. The summed E-state index contributed by atoms with van der Waals surface area (Å²) in [6, 6.07) is 0. The van der Waals surface area contributed by atoms with Crippen LogP contribution in [0.5, 0.6) is 0 Å². The second kappa shape index (κ2) is 6.53. The molecule has 2 fully saturated rings. The molecule has 2 unspecified atom stereocenters. The van der Waals surface area contributed by atoms with E-state index in [-0.39, 0.29) is 24.4 Å². The Morgan fingerprint density at radius 1 is 1.46 bits per heavy atom. The van der Waals surface area contributed by atoms with Gasteiger partial charge in [-0.1, -0.05) is 0 Å². The molecule has 9 heteroatoms. The monoisotopic (exact) mass is 360 g/mol. The molecule has 2 aliphatic heterocycles. The lowest BCUT2D eigenvalue weighted by atomic mass is 9.92. The van der Waals surface area contributed by atoms with Crippen LogP contribution in [0.1, 0.15) is 27.7 Å². The van der Waals surface area contributed by atoms with Crippen LogP contribution >= 0.6 is 11.8 Å². The van der Waals surface area contributed by atoms with E-state index in [1.807, 2.05) is 0 Å². The summed E-state index contributed by atoms with van der Waals surface area (Å²) in [6.45, 7) is 6.25. The number of nitrogens with zero attached hydrogens (tertiary/aromatic N) is 1. The van der Waals surface area contributed by atoms with Crippen LogP contribution in [0.4, 0.5) is 0 Å². The van der Waals surface area contributed by atoms with Gasteiger partial charge in [0.25, 0.3) is 0 Å². The van der Waals surface area contributed by atoms with Gasteiger partial charge in [-0.05, 0) is 27.7 Å². The van der Waals surface area contributed by atoms with E-state index < -0.39 is 40.9 Å². The highest BCUT2D eigenvalue weighted by molar-refractivity contribution is 8.02. The van der Waals surface area contributed by atoms with Crippen LogP contribution in [-0.2, 0) is 23.9 Å². The van der Waals surface area contributed by atoms with Crippen molar-refractivity contribution in [1.29, 1.82) is 0 Å². The number of hydrogen-bond donors (Lipinski definition) is 2. The minimum Gasteiger partial charge on any atom is -0.427 e. The maximum absolute atomic E-state index is 12.4. The molecule has 0 bridgehead atoms. The topological polar surface area (TPSA) is 119 Å². The van der Waals surface area contributed by atoms with E-state index in [2.05, 4.69) is 0 Å². The van der Waals surface area contributed by atoms with Crippen molar-refractivity contribution in [2.75, 3.05) is 19.9 Å². The molecule has 0 aromatic carbocycles. The minimum absolute atomic E-state index is 0.0173. The number of aliphatic hydroxyl groups is 1. The van der Waals surface area contributed by atoms with E-state index in [1.165, 1.54) is 16.7 Å². The number of carbonyl (C=O) groups excluding carboxylic acids is 3. The van der Waals surface area contributed by atoms with E-state index in [9.17, 15) is 19.5 Å². The Hall–Kier alpha value is -1.32. The fourth-order valence-electron chi connectivity index (χ4n) is 2.64. The predicted molar refractivity (Wildman–Crippen MR) is 86.6 cm³/mol. The molecule has 2 heterocycles. The van der Waals surface area contributed by atoms with Crippen molar-refractivity contribution >= 4 is 29.6 Å². The number of ether oxygens (including phenoxy) is 2. The highest BCUT2D eigenvalue weighted by Crippen LogP contribution is 2.50. The Bertz CT molecular complexity index is 547. The van der Waals surface area contributed by atoms with Crippen LogP contribution in [0, 0.1) is 11.3 Å². The number of fused-ring (bicyclic) bond motifs is 1. The second-order valence-electron chi connectivity index (χ2n) is 7.17. The first-order valence-corrected chi connectivity index (χ1v) is 8.62. The molecule has 2 saturated heterocycles. The third kappa shape index (κ3) is 3.25. The lowest BCUT2D eigenvalue weighted by molar-refractivity contribution is -0.174. The Kier molecular flexibility index (Phi) is 5.17. The number of carbonyl (C=O) groups is 3. The Labute approximate surface area is 145 Å². The molecule has 2 rings (SSSR count). The van der Waals surface area contributed by atoms with Gasteiger partial charge in [0.05, 0.1) is 22.8 Å². The van der Waals surface area contributed by atoms with E-state index in [0.717, 1.165) is 0 Å². The first kappa shape index (κ1) is 19.0. The fourth-order valence-corrected chi connectivity index (χ4v) is 4.36. The molecule has 0 aromatic heterocycles. The molecule has 8 nitrogen and oxygen atoms in total. The van der Waals surface area contributed by atoms with Crippen LogP contribution in [0.15, 0.2) is 0 Å². The molecule has 0 aliphatic carbocycles. The van der Waals surface area contributed by atoms with Gasteiger partial charge in [-0.15, -0.1) is 11.8 Å². The molecule has 4 atom stereocenters. The van der Waals surface area contributed by atoms with E-state index in [1.54, 1.807) is 27.7 Å². The number of aliphatic hydroxyl groups excluding tert-OH is 1. The molecule has 0 spiro atoms. The van der Waals surface area contributed by atoms with E-state index >= 15 is 0 Å². The summed E-state index contributed by atoms with van der Waals surface area (Å²) in [5.74, 6) is -1.83. The van der Waals surface area contributed by atoms with Gasteiger partial charge in [0.15, 0.2) is 0 Å². The quantitative estimate of drug-likeness (QED) is 0.389. The average molecular weight is 360 g/mol. The zero-order valence-corrected chi connectivity index (χ0v) is 15.1. The van der Waals surface area contributed by atoms with Crippen molar-refractivity contribution in [3.05, 3.63) is 0 Å². The molecule has 1 amide bonds. The standard InChI is InChI=1S/C15H24N2O6S/c1-8(18)9-10(19)17-6-15(5-16,24-11(9)17)13(21)23-7-22-12(20)14(2,3)4/h8-9,11,18H,5-7,16H2,1-4H3/t8?,9-,11+,15?/m0/s1. The maximum atomic E-state index is 12.4. The zero-order chi connectivity index (χ0) is 18.3. The first-order valence-electron chi connectivity index (χ1n) is 7.74. The van der Waals surface area contributed by atoms with Crippen LogP contribution in [0.2, 0.25) is 0 Å². The van der Waals surface area contributed by atoms with Gasteiger partial charge in [-0.25, -0.2) is 0 Å². The van der Waals surface area contributed by atoms with Gasteiger partial charge in [0.2, 0.25) is 12.7 Å². The summed E-state index contributed by atoms with van der Waals surface area (Å²) in [4.78, 5) is 37.6. The molecular formula is C15H24N2O6S. The Morgan fingerprint density at radius 3 is 2.58 bits per heavy atom. The first-order chi connectivity index (χ1) is 11.0. The number of thioether (sulfide) groups is 1. The normalized spacial score (nSPS) is 30.4. The SMILES string of the molecule is CC(O)[C@H]1C(=O)N2CC(CN)(C(=O)OCOC(=O)C(C)(C)C)S[C@H]12. The number of esters is 2. The number of β-lactam (4-membered cyclic amide) rings is 1. The van der Waals surface area contributed by atoms with Crippen LogP contribution in [0.25, 0.3) is 0 Å². The smallest absolute Gasteiger partial charge is 0.328 e. The van der Waals surface area contributed by atoms with Gasteiger partial charge in [0, 0.05) is 13.1 Å². The summed E-state index contributed by atoms with van der Waals surface area (Å²) >= 11 is 1.23. The van der Waals surface area contributed by atoms with Crippen molar-refractivity contribution in [1.82, 2.24) is 4.90 Å². The predicted octanol–water partition coefficient (Wildman–Crippen LogP) is -0.314. The largest absolute Gasteiger partial charge is 0.427 e. The second-order valence-corrected chi connectivity index (χ2v) is 8.67. The van der Waals surface area contributed by atoms with Crippen molar-refractivity contribution in [2.45, 2.75) is 43.9 Å². The fraction of sp³-hybridized carbons (Fsp3) is 0.800. The zero-order valence-electron chi connectivity index (χ0n) is 14.3. The van der Waals surface area contributed by atoms with Gasteiger partial charge < -0.3 is 25.2 Å². The molecule has 0 radical (unpaired) electrons. The van der Waals surface area contributed by atoms with Crippen molar-refractivity contribution in [3.8, 4) is 0 Å². The summed E-state index contributed by atoms with van der Waals surface area (Å²) in [5.41, 5.74) is 5.07. The van der Waals surface area contributed by atoms with Gasteiger partial charge in [-0.3, -0.25) is 14.4 Å². The Morgan fingerprint density at radius 2 is 2.08 bits per heavy atom. The molecule has 0 saturated carbocycles. The highest BCUT2D eigenvalue weighted by Gasteiger charge is 2.62. The molecule has 0 aromatic rings. The molecule has 136 valence electrons. The summed E-state index contributed by atoms with van der Waals surface area (Å²) < 4.78 is 8.88. The summed E-state index contributed by atoms with van der Waals surface area (Å²) in [6.07, 6.45) is -0.788. The van der Waals surface area contributed by atoms with Crippen molar-refractivity contribution in [2.24, 2.45) is 17.1 Å². The minimum atomic E-state index is -1.10. The van der Waals surface area contributed by atoms with Crippen LogP contribution < -0.4 is 5.73 Å². The summed E-state index contributed by atoms with van der Waals surface area (Å²) in [7, 11) is 0. The maximum Gasteiger partial charge on any atom is 0.328 e. The van der Waals surface area contributed by atoms with Gasteiger partial charge in [0.1, 0.15) is 4.75 Å². The number of nitrogens with two attached hydrogens (primary N) is 1. The Balaban J connectivity index is 1.96. The highest BCUT2D eigenvalue weighted by atomic mass is 32.2. The van der Waals surface area contributed by atoms with Gasteiger partial charge in [-0.2, -0.15) is 0 Å². The average Bonchev–Trinajstić information content (AvgIpc) is 2.81. The van der Waals surface area contributed by atoms with Crippen LogP contribution in [0.3, 0.4) is 0 Å². The van der Waals surface area contributed by atoms with Gasteiger partial charge >= 0.3 is 11.9 Å². The third-order valence-corrected chi connectivity index (χ3v) is 5.87. The third-order valence-electron chi connectivity index (χ3n) is 4.17. The number of amides is 1. The molecule has 24 heavy (non-hydrogen) atoms. The summed E-state index contributed by atoms with van der Waals surface area (Å²) in [5, 5.41) is 9.40. The van der Waals surface area contributed by atoms with E-state index in [4.69, 9.17) is 15.2 Å². The molecule has 3 N–H and O–H groups in total. The molecular weight excluding hydrogens is 336 g/mol. The van der Waals surface area contributed by atoms with Crippen LogP contribution in [-0.4, -0.2) is 64.0 Å². The van der Waals surface area contributed by atoms with Crippen molar-refractivity contribution in [3.63, 3.8) is 0 Å². The van der Waals surface area contributed by atoms with E-state index in [0.29, 0.717) is 0 Å². The molecule has 2 aliphatic rings. The lowest BCUT2D eigenvalue weighted by Gasteiger charge is -2.42. The van der Waals surface area contributed by atoms with Crippen molar-refractivity contribution < 1.29 is 29.0 Å². The lowest BCUT2D eigenvalue weighted by Crippen LogP contribution is -2.60.